The molecule has 0 atom stereocenters. The Morgan fingerprint density at radius 3 is 2.80 bits per heavy atom. The second-order valence-electron chi connectivity index (χ2n) is 3.68. The van der Waals surface area contributed by atoms with Gasteiger partial charge in [0, 0.05) is 18.1 Å². The fraction of sp³-hybridized carbons (Fsp3) is 0.538. The lowest BCUT2D eigenvalue weighted by atomic mass is 10.1. The summed E-state index contributed by atoms with van der Waals surface area (Å²) in [6.07, 6.45) is 0. The van der Waals surface area contributed by atoms with Crippen molar-refractivity contribution in [2.75, 3.05) is 19.0 Å². The maximum atomic E-state index is 5.30. The Hall–Kier alpha value is -0.470. The van der Waals surface area contributed by atoms with E-state index in [-0.39, 0.29) is 0 Å². The van der Waals surface area contributed by atoms with E-state index in [1.165, 1.54) is 16.7 Å². The van der Waals surface area contributed by atoms with Gasteiger partial charge in [-0.1, -0.05) is 23.8 Å². The second-order valence-corrected chi connectivity index (χ2v) is 4.78. The standard InChI is InChI=1S/C13H20OS/c1-4-14-7-8-15-10-13-9-11(2)5-6-12(13)3/h5-6,9H,4,7-8,10H2,1-3H3. The summed E-state index contributed by atoms with van der Waals surface area (Å²) in [5.74, 6) is 2.18. The zero-order valence-electron chi connectivity index (χ0n) is 9.88. The van der Waals surface area contributed by atoms with Crippen molar-refractivity contribution >= 4 is 11.8 Å². The van der Waals surface area contributed by atoms with Gasteiger partial charge in [-0.2, -0.15) is 11.8 Å². The van der Waals surface area contributed by atoms with Crippen LogP contribution >= 0.6 is 11.8 Å². The Bertz CT molecular complexity index is 297. The molecule has 0 aliphatic carbocycles. The van der Waals surface area contributed by atoms with Gasteiger partial charge >= 0.3 is 0 Å². The number of hydrogen-bond donors (Lipinski definition) is 0. The highest BCUT2D eigenvalue weighted by atomic mass is 32.2. The SMILES string of the molecule is CCOCCSCc1cc(C)ccc1C. The fourth-order valence-corrected chi connectivity index (χ4v) is 2.31. The van der Waals surface area contributed by atoms with Crippen molar-refractivity contribution in [3.8, 4) is 0 Å². The average Bonchev–Trinajstić information content (AvgIpc) is 2.23. The van der Waals surface area contributed by atoms with E-state index in [0.717, 1.165) is 24.7 Å². The molecule has 0 N–H and O–H groups in total. The molecule has 1 aromatic carbocycles. The van der Waals surface area contributed by atoms with Crippen molar-refractivity contribution in [3.05, 3.63) is 34.9 Å². The molecule has 1 aromatic rings. The first-order valence-electron chi connectivity index (χ1n) is 5.45. The van der Waals surface area contributed by atoms with Gasteiger partial charge in [0.15, 0.2) is 0 Å². The summed E-state index contributed by atoms with van der Waals surface area (Å²) >= 11 is 1.94. The van der Waals surface area contributed by atoms with Crippen LogP contribution in [0.4, 0.5) is 0 Å². The maximum Gasteiger partial charge on any atom is 0.0556 e. The van der Waals surface area contributed by atoms with Crippen LogP contribution in [0.3, 0.4) is 0 Å². The number of benzene rings is 1. The molecule has 1 rings (SSSR count). The third-order valence-corrected chi connectivity index (χ3v) is 3.31. The van der Waals surface area contributed by atoms with Gasteiger partial charge in [-0.15, -0.1) is 0 Å². The summed E-state index contributed by atoms with van der Waals surface area (Å²) in [6.45, 7) is 8.05. The molecule has 0 saturated carbocycles. The highest BCUT2D eigenvalue weighted by Crippen LogP contribution is 2.17. The summed E-state index contributed by atoms with van der Waals surface area (Å²) < 4.78 is 5.30. The summed E-state index contributed by atoms with van der Waals surface area (Å²) in [5, 5.41) is 0. The van der Waals surface area contributed by atoms with Crippen molar-refractivity contribution in [2.45, 2.75) is 26.5 Å². The molecule has 0 amide bonds. The van der Waals surface area contributed by atoms with Crippen LogP contribution in [-0.2, 0) is 10.5 Å². The Morgan fingerprint density at radius 1 is 1.27 bits per heavy atom. The zero-order chi connectivity index (χ0) is 11.1. The monoisotopic (exact) mass is 224 g/mol. The van der Waals surface area contributed by atoms with Crippen molar-refractivity contribution < 1.29 is 4.74 Å². The molecule has 15 heavy (non-hydrogen) atoms. The lowest BCUT2D eigenvalue weighted by Crippen LogP contribution is -1.97. The zero-order valence-corrected chi connectivity index (χ0v) is 10.7. The topological polar surface area (TPSA) is 9.23 Å². The molecule has 0 saturated heterocycles. The van der Waals surface area contributed by atoms with Crippen molar-refractivity contribution in [1.29, 1.82) is 0 Å². The molecule has 0 heterocycles. The molecule has 2 heteroatoms. The quantitative estimate of drug-likeness (QED) is 0.683. The van der Waals surface area contributed by atoms with E-state index in [9.17, 15) is 0 Å². The molecule has 0 fully saturated rings. The third-order valence-electron chi connectivity index (χ3n) is 2.34. The van der Waals surface area contributed by atoms with E-state index in [0.29, 0.717) is 0 Å². The molecule has 0 bridgehead atoms. The number of hydrogen-bond acceptors (Lipinski definition) is 2. The predicted octanol–water partition coefficient (Wildman–Crippen LogP) is 3.57. The van der Waals surface area contributed by atoms with Gasteiger partial charge in [-0.25, -0.2) is 0 Å². The second kappa shape index (κ2) is 6.91. The normalized spacial score (nSPS) is 10.6. The maximum absolute atomic E-state index is 5.30. The Kier molecular flexibility index (Phi) is 5.81. The van der Waals surface area contributed by atoms with Crippen LogP contribution in [-0.4, -0.2) is 19.0 Å². The number of aryl methyl sites for hydroxylation is 2. The predicted molar refractivity (Wildman–Crippen MR) is 68.6 cm³/mol. The van der Waals surface area contributed by atoms with E-state index in [2.05, 4.69) is 32.0 Å². The van der Waals surface area contributed by atoms with Gasteiger partial charge in [0.2, 0.25) is 0 Å². The van der Waals surface area contributed by atoms with Gasteiger partial charge in [0.05, 0.1) is 6.61 Å². The minimum absolute atomic E-state index is 0.823. The van der Waals surface area contributed by atoms with E-state index < -0.39 is 0 Å². The Labute approximate surface area is 97.2 Å². The molecule has 0 aliphatic heterocycles. The molecule has 0 aromatic heterocycles. The molecule has 0 aliphatic rings. The third kappa shape index (κ3) is 4.72. The molecular weight excluding hydrogens is 204 g/mol. The van der Waals surface area contributed by atoms with Gasteiger partial charge < -0.3 is 4.74 Å². The minimum atomic E-state index is 0.823. The van der Waals surface area contributed by atoms with Crippen molar-refractivity contribution in [1.82, 2.24) is 0 Å². The number of ether oxygens (including phenoxy) is 1. The van der Waals surface area contributed by atoms with E-state index >= 15 is 0 Å². The van der Waals surface area contributed by atoms with E-state index in [4.69, 9.17) is 4.74 Å². The first kappa shape index (κ1) is 12.6. The minimum Gasteiger partial charge on any atom is -0.381 e. The van der Waals surface area contributed by atoms with Crippen molar-refractivity contribution in [3.63, 3.8) is 0 Å². The number of thioether (sulfide) groups is 1. The first-order chi connectivity index (χ1) is 7.24. The largest absolute Gasteiger partial charge is 0.381 e. The molecular formula is C13H20OS. The summed E-state index contributed by atoms with van der Waals surface area (Å²) in [6, 6.07) is 6.65. The van der Waals surface area contributed by atoms with Crippen LogP contribution in [0.5, 0.6) is 0 Å². The van der Waals surface area contributed by atoms with Gasteiger partial charge in [-0.3, -0.25) is 0 Å². The lowest BCUT2D eigenvalue weighted by Gasteiger charge is -2.07. The van der Waals surface area contributed by atoms with E-state index in [1.807, 2.05) is 18.7 Å². The lowest BCUT2D eigenvalue weighted by molar-refractivity contribution is 0.164. The molecule has 0 unspecified atom stereocenters. The average molecular weight is 224 g/mol. The summed E-state index contributed by atoms with van der Waals surface area (Å²) in [7, 11) is 0. The highest BCUT2D eigenvalue weighted by molar-refractivity contribution is 7.98. The van der Waals surface area contributed by atoms with Crippen LogP contribution in [0.15, 0.2) is 18.2 Å². The Balaban J connectivity index is 2.33. The van der Waals surface area contributed by atoms with E-state index in [1.54, 1.807) is 0 Å². The number of rotatable bonds is 6. The van der Waals surface area contributed by atoms with Crippen molar-refractivity contribution in [2.24, 2.45) is 0 Å². The summed E-state index contributed by atoms with van der Waals surface area (Å²) in [5.41, 5.74) is 4.20. The van der Waals surface area contributed by atoms with Crippen LogP contribution < -0.4 is 0 Å². The van der Waals surface area contributed by atoms with Crippen LogP contribution in [0.2, 0.25) is 0 Å². The fourth-order valence-electron chi connectivity index (χ4n) is 1.40. The van der Waals surface area contributed by atoms with Gasteiger partial charge in [0.1, 0.15) is 0 Å². The van der Waals surface area contributed by atoms with Crippen LogP contribution in [0.1, 0.15) is 23.6 Å². The molecule has 0 spiro atoms. The molecule has 84 valence electrons. The molecule has 1 nitrogen and oxygen atoms in total. The van der Waals surface area contributed by atoms with Gasteiger partial charge in [-0.05, 0) is 31.9 Å². The van der Waals surface area contributed by atoms with Gasteiger partial charge in [0.25, 0.3) is 0 Å². The smallest absolute Gasteiger partial charge is 0.0556 e. The Morgan fingerprint density at radius 2 is 2.07 bits per heavy atom. The first-order valence-corrected chi connectivity index (χ1v) is 6.61. The highest BCUT2D eigenvalue weighted by Gasteiger charge is 1.98. The van der Waals surface area contributed by atoms with Crippen LogP contribution in [0.25, 0.3) is 0 Å². The summed E-state index contributed by atoms with van der Waals surface area (Å²) in [4.78, 5) is 0. The van der Waals surface area contributed by atoms with Crippen LogP contribution in [0, 0.1) is 13.8 Å². The molecule has 0 radical (unpaired) electrons.